The molecule has 28 heavy (non-hydrogen) atoms. The highest BCUT2D eigenvalue weighted by molar-refractivity contribution is 7.21. The Morgan fingerprint density at radius 2 is 1.93 bits per heavy atom. The summed E-state index contributed by atoms with van der Waals surface area (Å²) in [5.74, 6) is 0.424. The maximum absolute atomic E-state index is 13.1. The smallest absolute Gasteiger partial charge is 0.263 e. The van der Waals surface area contributed by atoms with E-state index >= 15 is 0 Å². The Balaban J connectivity index is 1.75. The van der Waals surface area contributed by atoms with Crippen molar-refractivity contribution < 1.29 is 4.79 Å². The van der Waals surface area contributed by atoms with Crippen LogP contribution in [0.25, 0.3) is 10.1 Å². The fourth-order valence-electron chi connectivity index (χ4n) is 3.05. The summed E-state index contributed by atoms with van der Waals surface area (Å²) < 4.78 is 2.64. The summed E-state index contributed by atoms with van der Waals surface area (Å²) in [5.41, 5.74) is 0.920. The van der Waals surface area contributed by atoms with E-state index in [1.807, 2.05) is 48.1 Å². The first-order valence-electron chi connectivity index (χ1n) is 8.35. The molecule has 0 aliphatic rings. The molecule has 4 aromatic rings. The molecule has 0 saturated heterocycles. The van der Waals surface area contributed by atoms with E-state index in [9.17, 15) is 4.79 Å². The zero-order chi connectivity index (χ0) is 19.8. The van der Waals surface area contributed by atoms with E-state index in [0.717, 1.165) is 16.1 Å². The monoisotopic (exact) mass is 449 g/mol. The van der Waals surface area contributed by atoms with Crippen LogP contribution in [0.3, 0.4) is 0 Å². The average molecular weight is 451 g/mol. The second-order valence-corrected chi connectivity index (χ2v) is 8.49. The first-order valence-corrected chi connectivity index (χ1v) is 10.3. The number of amides is 1. The van der Waals surface area contributed by atoms with Gasteiger partial charge in [0.1, 0.15) is 16.7 Å². The van der Waals surface area contributed by atoms with Crippen molar-refractivity contribution in [2.45, 2.75) is 6.04 Å². The van der Waals surface area contributed by atoms with Crippen molar-refractivity contribution in [3.05, 3.63) is 86.2 Å². The topological polar surface area (TPSA) is 46.9 Å². The molecule has 0 fully saturated rings. The molecular weight excluding hydrogens is 437 g/mol. The Morgan fingerprint density at radius 3 is 2.61 bits per heavy atom. The Morgan fingerprint density at radius 1 is 1.18 bits per heavy atom. The molecular formula is C20H14Cl3N3OS. The maximum atomic E-state index is 13.1. The van der Waals surface area contributed by atoms with Gasteiger partial charge >= 0.3 is 0 Å². The van der Waals surface area contributed by atoms with Crippen LogP contribution in [0.4, 0.5) is 0 Å². The number of aryl methyl sites for hydroxylation is 1. The number of aromatic nitrogens is 2. The number of hydrogen-bond donors (Lipinski definition) is 1. The molecule has 4 rings (SSSR count). The van der Waals surface area contributed by atoms with Crippen LogP contribution in [0.15, 0.2) is 54.9 Å². The van der Waals surface area contributed by atoms with Crippen LogP contribution in [0.2, 0.25) is 15.1 Å². The number of fused-ring (bicyclic) bond motifs is 1. The van der Waals surface area contributed by atoms with E-state index in [1.54, 1.807) is 18.3 Å². The van der Waals surface area contributed by atoms with Gasteiger partial charge in [-0.15, -0.1) is 11.3 Å². The first-order chi connectivity index (χ1) is 13.5. The van der Waals surface area contributed by atoms with E-state index in [2.05, 4.69) is 10.3 Å². The summed E-state index contributed by atoms with van der Waals surface area (Å²) in [7, 11) is 1.89. The summed E-state index contributed by atoms with van der Waals surface area (Å²) in [6.45, 7) is 0. The van der Waals surface area contributed by atoms with Gasteiger partial charge in [0.15, 0.2) is 0 Å². The number of nitrogens with one attached hydrogen (secondary N) is 1. The minimum atomic E-state index is -0.422. The molecule has 2 aromatic carbocycles. The van der Waals surface area contributed by atoms with Gasteiger partial charge in [0.05, 0.1) is 10.0 Å². The van der Waals surface area contributed by atoms with Crippen LogP contribution >= 0.6 is 46.1 Å². The number of rotatable bonds is 4. The fourth-order valence-corrected chi connectivity index (χ4v) is 5.33. The van der Waals surface area contributed by atoms with E-state index in [1.165, 1.54) is 11.3 Å². The number of nitrogens with zero attached hydrogens (tertiary/aromatic N) is 2. The van der Waals surface area contributed by atoms with E-state index in [-0.39, 0.29) is 5.91 Å². The number of benzene rings is 2. The zero-order valence-electron chi connectivity index (χ0n) is 14.6. The van der Waals surface area contributed by atoms with Gasteiger partial charge in [0.25, 0.3) is 5.91 Å². The SMILES string of the molecule is Cn1ccnc1C(NC(=O)c1sc2cc(Cl)cc(Cl)c2c1Cl)c1ccccc1. The molecule has 0 aliphatic heterocycles. The predicted octanol–water partition coefficient (Wildman–Crippen LogP) is 6.11. The lowest BCUT2D eigenvalue weighted by molar-refractivity contribution is 0.0945. The number of halogens is 3. The zero-order valence-corrected chi connectivity index (χ0v) is 17.7. The van der Waals surface area contributed by atoms with E-state index in [0.29, 0.717) is 25.3 Å². The summed E-state index contributed by atoms with van der Waals surface area (Å²) in [4.78, 5) is 17.9. The van der Waals surface area contributed by atoms with Crippen LogP contribution in [-0.2, 0) is 7.05 Å². The van der Waals surface area contributed by atoms with Crippen LogP contribution in [0.1, 0.15) is 27.1 Å². The Hall–Kier alpha value is -2.05. The first kappa shape index (κ1) is 19.3. The number of imidazole rings is 1. The number of carbonyl (C=O) groups is 1. The van der Waals surface area contributed by atoms with E-state index in [4.69, 9.17) is 34.8 Å². The molecule has 0 aliphatic carbocycles. The van der Waals surface area contributed by atoms with Crippen molar-refractivity contribution in [2.75, 3.05) is 0 Å². The van der Waals surface area contributed by atoms with Crippen LogP contribution in [0.5, 0.6) is 0 Å². The van der Waals surface area contributed by atoms with Crippen molar-refractivity contribution in [1.29, 1.82) is 0 Å². The highest BCUT2D eigenvalue weighted by Gasteiger charge is 2.25. The number of hydrogen-bond acceptors (Lipinski definition) is 3. The van der Waals surface area contributed by atoms with Crippen LogP contribution in [-0.4, -0.2) is 15.5 Å². The summed E-state index contributed by atoms with van der Waals surface area (Å²) in [5, 5.41) is 4.94. The van der Waals surface area contributed by atoms with Gasteiger partial charge in [-0.05, 0) is 17.7 Å². The lowest BCUT2D eigenvalue weighted by atomic mass is 10.1. The predicted molar refractivity (Wildman–Crippen MR) is 116 cm³/mol. The van der Waals surface area contributed by atoms with Gasteiger partial charge in [-0.3, -0.25) is 4.79 Å². The van der Waals surface area contributed by atoms with Crippen molar-refractivity contribution in [3.8, 4) is 0 Å². The molecule has 0 bridgehead atoms. The molecule has 142 valence electrons. The van der Waals surface area contributed by atoms with E-state index < -0.39 is 6.04 Å². The summed E-state index contributed by atoms with van der Waals surface area (Å²) in [6.07, 6.45) is 3.54. The lowest BCUT2D eigenvalue weighted by Crippen LogP contribution is -2.30. The second kappa shape index (κ2) is 7.76. The standard InChI is InChI=1S/C20H14Cl3N3OS/c1-26-8-7-24-19(26)17(11-5-3-2-4-6-11)25-20(27)18-16(23)15-13(22)9-12(21)10-14(15)28-18/h2-10,17H,1H3,(H,25,27). The third kappa shape index (κ3) is 3.51. The molecule has 2 aromatic heterocycles. The van der Waals surface area contributed by atoms with Gasteiger partial charge in [-0.2, -0.15) is 0 Å². The molecule has 4 nitrogen and oxygen atoms in total. The third-order valence-electron chi connectivity index (χ3n) is 4.38. The van der Waals surface area contributed by atoms with Gasteiger partial charge in [-0.25, -0.2) is 4.98 Å². The van der Waals surface area contributed by atoms with Crippen molar-refractivity contribution in [1.82, 2.24) is 14.9 Å². The molecule has 8 heteroatoms. The molecule has 0 saturated carbocycles. The lowest BCUT2D eigenvalue weighted by Gasteiger charge is -2.19. The highest BCUT2D eigenvalue weighted by atomic mass is 35.5. The minimum absolute atomic E-state index is 0.296. The molecule has 1 unspecified atom stereocenters. The molecule has 0 spiro atoms. The number of carbonyl (C=O) groups excluding carboxylic acids is 1. The van der Waals surface area contributed by atoms with Gasteiger partial charge in [0.2, 0.25) is 0 Å². The highest BCUT2D eigenvalue weighted by Crippen LogP contribution is 2.41. The summed E-state index contributed by atoms with van der Waals surface area (Å²) in [6, 6.07) is 12.6. The second-order valence-electron chi connectivity index (χ2n) is 6.22. The molecule has 1 amide bonds. The van der Waals surface area contributed by atoms with Gasteiger partial charge in [0, 0.05) is 34.6 Å². The maximum Gasteiger partial charge on any atom is 0.263 e. The van der Waals surface area contributed by atoms with Gasteiger partial charge in [-0.1, -0.05) is 65.1 Å². The Kier molecular flexibility index (Phi) is 5.34. The normalized spacial score (nSPS) is 12.3. The molecule has 2 heterocycles. The van der Waals surface area contributed by atoms with Crippen molar-refractivity contribution in [2.24, 2.45) is 7.05 Å². The largest absolute Gasteiger partial charge is 0.337 e. The fraction of sp³-hybridized carbons (Fsp3) is 0.100. The van der Waals surface area contributed by atoms with Crippen molar-refractivity contribution >= 4 is 62.1 Å². The summed E-state index contributed by atoms with van der Waals surface area (Å²) >= 11 is 20.1. The van der Waals surface area contributed by atoms with Crippen LogP contribution in [0, 0.1) is 0 Å². The quantitative estimate of drug-likeness (QED) is 0.407. The average Bonchev–Trinajstić information content (AvgIpc) is 3.23. The van der Waals surface area contributed by atoms with Crippen LogP contribution < -0.4 is 5.32 Å². The Bertz CT molecular complexity index is 1170. The molecule has 1 atom stereocenters. The molecule has 1 N–H and O–H groups in total. The van der Waals surface area contributed by atoms with Crippen molar-refractivity contribution in [3.63, 3.8) is 0 Å². The number of thiophene rings is 1. The van der Waals surface area contributed by atoms with Gasteiger partial charge < -0.3 is 9.88 Å². The minimum Gasteiger partial charge on any atom is -0.337 e. The Labute approximate surface area is 180 Å². The third-order valence-corrected chi connectivity index (χ3v) is 6.52. The molecule has 0 radical (unpaired) electrons.